The average Bonchev–Trinajstić information content (AvgIpc) is 3.62. The van der Waals surface area contributed by atoms with E-state index in [1.807, 2.05) is 49.9 Å². The summed E-state index contributed by atoms with van der Waals surface area (Å²) in [5.74, 6) is 6.24. The summed E-state index contributed by atoms with van der Waals surface area (Å²) in [7, 11) is 1.87. The van der Waals surface area contributed by atoms with Crippen LogP contribution in [0, 0.1) is 23.2 Å². The quantitative estimate of drug-likeness (QED) is 0.341. The summed E-state index contributed by atoms with van der Waals surface area (Å²) in [6.07, 6.45) is 12.4. The molecule has 1 aliphatic rings. The first-order chi connectivity index (χ1) is 19.1. The highest BCUT2D eigenvalue weighted by atomic mass is 16.2. The summed E-state index contributed by atoms with van der Waals surface area (Å²) in [4.78, 5) is 25.2. The number of amides is 1. The lowest BCUT2D eigenvalue weighted by Gasteiger charge is -2.34. The molecule has 1 amide bonds. The van der Waals surface area contributed by atoms with Crippen LogP contribution in [0.25, 0.3) is 27.8 Å². The molecule has 190 valence electrons. The molecule has 1 saturated heterocycles. The molecular formula is C29H23N9O. The fourth-order valence-corrected chi connectivity index (χ4v) is 4.66. The van der Waals surface area contributed by atoms with Gasteiger partial charge < -0.3 is 9.80 Å². The van der Waals surface area contributed by atoms with Gasteiger partial charge in [0.05, 0.1) is 23.5 Å². The Morgan fingerprint density at radius 3 is 2.51 bits per heavy atom. The second kappa shape index (κ2) is 10.1. The maximum atomic E-state index is 12.5. The third kappa shape index (κ3) is 4.79. The van der Waals surface area contributed by atoms with Gasteiger partial charge in [0.25, 0.3) is 5.91 Å². The minimum absolute atomic E-state index is 0.187. The summed E-state index contributed by atoms with van der Waals surface area (Å²) in [5, 5.41) is 18.4. The maximum absolute atomic E-state index is 12.5. The smallest absolute Gasteiger partial charge is 0.298 e. The molecule has 6 heterocycles. The number of anilines is 1. The van der Waals surface area contributed by atoms with E-state index < -0.39 is 0 Å². The highest BCUT2D eigenvalue weighted by Gasteiger charge is 2.21. The minimum atomic E-state index is -0.187. The van der Waals surface area contributed by atoms with Crippen molar-refractivity contribution in [3.63, 3.8) is 0 Å². The predicted molar refractivity (Wildman–Crippen MR) is 145 cm³/mol. The number of aryl methyl sites for hydroxylation is 1. The van der Waals surface area contributed by atoms with E-state index in [9.17, 15) is 10.1 Å². The number of piperazine rings is 1. The molecular weight excluding hydrogens is 490 g/mol. The first-order valence-corrected chi connectivity index (χ1v) is 12.4. The fourth-order valence-electron chi connectivity index (χ4n) is 4.66. The van der Waals surface area contributed by atoms with Crippen molar-refractivity contribution >= 4 is 17.2 Å². The van der Waals surface area contributed by atoms with E-state index in [1.54, 1.807) is 45.0 Å². The second-order valence-corrected chi connectivity index (χ2v) is 9.18. The average molecular weight is 514 g/mol. The number of nitriles is 1. The molecule has 0 radical (unpaired) electrons. The van der Waals surface area contributed by atoms with Gasteiger partial charge in [-0.05, 0) is 30.3 Å². The van der Waals surface area contributed by atoms with Crippen LogP contribution in [-0.2, 0) is 11.8 Å². The standard InChI is InChI=1S/C29H23N9O/c1-35-19-25(18-33-35)23-13-26(29-24(14-30)17-34-38(29)20-23)22-5-6-27(32-16-22)36-9-11-37(12-10-36)28(39)7-4-21-3-2-8-31-15-21/h2-3,5-6,8,13,15-20H,9-12H2,1H3. The van der Waals surface area contributed by atoms with Gasteiger partial charge in [-0.25, -0.2) is 9.50 Å². The highest BCUT2D eigenvalue weighted by Crippen LogP contribution is 2.32. The van der Waals surface area contributed by atoms with Crippen LogP contribution in [0.3, 0.4) is 0 Å². The van der Waals surface area contributed by atoms with E-state index in [2.05, 4.69) is 38.0 Å². The van der Waals surface area contributed by atoms with E-state index >= 15 is 0 Å². The van der Waals surface area contributed by atoms with Crippen LogP contribution in [0.2, 0.25) is 0 Å². The van der Waals surface area contributed by atoms with Gasteiger partial charge in [0.15, 0.2) is 0 Å². The van der Waals surface area contributed by atoms with Crippen LogP contribution in [0.1, 0.15) is 11.1 Å². The van der Waals surface area contributed by atoms with Crippen molar-refractivity contribution in [2.45, 2.75) is 0 Å². The topological polar surface area (TPSA) is 108 Å². The Kier molecular flexibility index (Phi) is 6.20. The predicted octanol–water partition coefficient (Wildman–Crippen LogP) is 2.76. The third-order valence-corrected chi connectivity index (χ3v) is 6.70. The molecule has 0 saturated carbocycles. The van der Waals surface area contributed by atoms with E-state index in [-0.39, 0.29) is 5.91 Å². The molecule has 0 atom stereocenters. The van der Waals surface area contributed by atoms with E-state index in [0.29, 0.717) is 31.7 Å². The number of hydrogen-bond acceptors (Lipinski definition) is 7. The van der Waals surface area contributed by atoms with Crippen molar-refractivity contribution in [3.05, 3.63) is 84.8 Å². The largest absolute Gasteiger partial charge is 0.353 e. The Hall–Kier alpha value is -5.48. The maximum Gasteiger partial charge on any atom is 0.298 e. The van der Waals surface area contributed by atoms with Crippen LogP contribution in [-0.4, -0.2) is 66.3 Å². The van der Waals surface area contributed by atoms with Crippen LogP contribution in [0.5, 0.6) is 0 Å². The SMILES string of the molecule is Cn1cc(-c2cc(-c3ccc(N4CCN(C(=O)C#Cc5cccnc5)CC4)nc3)c3c(C#N)cnn3c2)cn1. The Morgan fingerprint density at radius 1 is 0.949 bits per heavy atom. The van der Waals surface area contributed by atoms with Crippen LogP contribution in [0.15, 0.2) is 73.7 Å². The van der Waals surface area contributed by atoms with E-state index in [1.165, 1.54) is 0 Å². The van der Waals surface area contributed by atoms with Crippen molar-refractivity contribution in [1.82, 2.24) is 34.3 Å². The molecule has 39 heavy (non-hydrogen) atoms. The molecule has 10 nitrogen and oxygen atoms in total. The van der Waals surface area contributed by atoms with Crippen molar-refractivity contribution in [1.29, 1.82) is 5.26 Å². The lowest BCUT2D eigenvalue weighted by Crippen LogP contribution is -2.48. The molecule has 10 heteroatoms. The molecule has 0 aliphatic carbocycles. The van der Waals surface area contributed by atoms with Gasteiger partial charge in [-0.1, -0.05) is 5.92 Å². The van der Waals surface area contributed by atoms with Gasteiger partial charge in [-0.2, -0.15) is 15.5 Å². The van der Waals surface area contributed by atoms with Crippen molar-refractivity contribution in [2.24, 2.45) is 7.05 Å². The van der Waals surface area contributed by atoms with Crippen molar-refractivity contribution in [2.75, 3.05) is 31.1 Å². The summed E-state index contributed by atoms with van der Waals surface area (Å²) in [6, 6.07) is 11.9. The summed E-state index contributed by atoms with van der Waals surface area (Å²) >= 11 is 0. The van der Waals surface area contributed by atoms with Crippen LogP contribution < -0.4 is 4.90 Å². The lowest BCUT2D eigenvalue weighted by atomic mass is 10.0. The molecule has 5 aromatic rings. The Balaban J connectivity index is 1.21. The summed E-state index contributed by atoms with van der Waals surface area (Å²) < 4.78 is 3.48. The number of carbonyl (C=O) groups excluding carboxylic acids is 1. The van der Waals surface area contributed by atoms with E-state index in [4.69, 9.17) is 4.98 Å². The number of hydrogen-bond donors (Lipinski definition) is 0. The molecule has 0 bridgehead atoms. The molecule has 0 spiro atoms. The lowest BCUT2D eigenvalue weighted by molar-refractivity contribution is -0.125. The minimum Gasteiger partial charge on any atom is -0.353 e. The monoisotopic (exact) mass is 513 g/mol. The zero-order valence-corrected chi connectivity index (χ0v) is 21.2. The number of pyridine rings is 3. The number of fused-ring (bicyclic) bond motifs is 1. The first kappa shape index (κ1) is 23.9. The Bertz CT molecular complexity index is 1760. The number of nitrogens with zero attached hydrogens (tertiary/aromatic N) is 9. The first-order valence-electron chi connectivity index (χ1n) is 12.4. The van der Waals surface area contributed by atoms with Crippen molar-refractivity contribution < 1.29 is 4.79 Å². The summed E-state index contributed by atoms with van der Waals surface area (Å²) in [6.45, 7) is 2.46. The normalized spacial score (nSPS) is 13.1. The molecule has 6 rings (SSSR count). The molecule has 1 fully saturated rings. The number of aromatic nitrogens is 6. The Morgan fingerprint density at radius 2 is 1.82 bits per heavy atom. The van der Waals surface area contributed by atoms with Gasteiger partial charge in [0.1, 0.15) is 11.9 Å². The van der Waals surface area contributed by atoms with Crippen molar-refractivity contribution in [3.8, 4) is 40.2 Å². The molecule has 1 aliphatic heterocycles. The van der Waals surface area contributed by atoms with Crippen LogP contribution in [0.4, 0.5) is 5.82 Å². The van der Waals surface area contributed by atoms with Gasteiger partial charge in [-0.3, -0.25) is 14.5 Å². The van der Waals surface area contributed by atoms with Gasteiger partial charge >= 0.3 is 0 Å². The van der Waals surface area contributed by atoms with Crippen LogP contribution >= 0.6 is 0 Å². The second-order valence-electron chi connectivity index (χ2n) is 9.18. The third-order valence-electron chi connectivity index (χ3n) is 6.70. The number of carbonyl (C=O) groups is 1. The number of rotatable bonds is 3. The van der Waals surface area contributed by atoms with Gasteiger partial charge in [0, 0.05) is 97.9 Å². The zero-order chi connectivity index (χ0) is 26.8. The Labute approximate surface area is 224 Å². The highest BCUT2D eigenvalue weighted by molar-refractivity contribution is 5.94. The summed E-state index contributed by atoms with van der Waals surface area (Å²) in [5.41, 5.74) is 5.60. The van der Waals surface area contributed by atoms with Gasteiger partial charge in [-0.15, -0.1) is 0 Å². The molecule has 0 aromatic carbocycles. The fraction of sp³-hybridized carbons (Fsp3) is 0.172. The molecule has 0 unspecified atom stereocenters. The molecule has 0 N–H and O–H groups in total. The zero-order valence-electron chi connectivity index (χ0n) is 21.2. The van der Waals surface area contributed by atoms with Gasteiger partial charge in [0.2, 0.25) is 0 Å². The van der Waals surface area contributed by atoms with E-state index in [0.717, 1.165) is 39.2 Å². The molecule has 5 aromatic heterocycles.